The maximum absolute atomic E-state index is 12.2. The molecule has 0 aliphatic rings. The number of benzene rings is 3. The van der Waals surface area contributed by atoms with Crippen LogP contribution >= 0.6 is 0 Å². The van der Waals surface area contributed by atoms with E-state index in [0.717, 1.165) is 10.8 Å². The Kier molecular flexibility index (Phi) is 5.41. The number of hydrazone groups is 1. The summed E-state index contributed by atoms with van der Waals surface area (Å²) in [7, 11) is 0. The normalized spacial score (nSPS) is 12.0. The largest absolute Gasteiger partial charge is 0.480 e. The molecular formula is C20H17N3O4. The van der Waals surface area contributed by atoms with E-state index >= 15 is 0 Å². The Morgan fingerprint density at radius 1 is 1.11 bits per heavy atom. The highest BCUT2D eigenvalue weighted by Gasteiger charge is 2.16. The molecule has 0 fully saturated rings. The zero-order valence-corrected chi connectivity index (χ0v) is 14.5. The van der Waals surface area contributed by atoms with Gasteiger partial charge in [0.2, 0.25) is 0 Å². The first-order valence-electron chi connectivity index (χ1n) is 8.27. The average molecular weight is 363 g/mol. The molecule has 0 radical (unpaired) electrons. The molecule has 0 saturated heterocycles. The molecule has 3 aromatic rings. The van der Waals surface area contributed by atoms with Crippen LogP contribution in [-0.2, 0) is 4.79 Å². The van der Waals surface area contributed by atoms with E-state index in [4.69, 9.17) is 4.74 Å². The summed E-state index contributed by atoms with van der Waals surface area (Å²) in [5, 5.41) is 16.7. The highest BCUT2D eigenvalue weighted by atomic mass is 16.6. The molecule has 0 aliphatic carbocycles. The molecule has 1 N–H and O–H groups in total. The van der Waals surface area contributed by atoms with Crippen molar-refractivity contribution >= 4 is 28.6 Å². The third-order valence-electron chi connectivity index (χ3n) is 3.93. The van der Waals surface area contributed by atoms with Crippen molar-refractivity contribution in [2.24, 2.45) is 5.10 Å². The summed E-state index contributed by atoms with van der Waals surface area (Å²) in [6.07, 6.45) is 0.444. The van der Waals surface area contributed by atoms with Crippen LogP contribution in [0.25, 0.3) is 10.8 Å². The van der Waals surface area contributed by atoms with Crippen molar-refractivity contribution in [1.82, 2.24) is 5.43 Å². The van der Waals surface area contributed by atoms with E-state index in [2.05, 4.69) is 10.5 Å². The number of nitrogens with zero attached hydrogens (tertiary/aromatic N) is 2. The van der Waals surface area contributed by atoms with E-state index in [9.17, 15) is 14.9 Å². The van der Waals surface area contributed by atoms with Gasteiger partial charge in [0.05, 0.1) is 16.7 Å². The summed E-state index contributed by atoms with van der Waals surface area (Å²) in [5.74, 6) is 0.135. The molecule has 1 atom stereocenters. The zero-order chi connectivity index (χ0) is 19.2. The second-order valence-electron chi connectivity index (χ2n) is 5.79. The first-order valence-corrected chi connectivity index (χ1v) is 8.27. The topological polar surface area (TPSA) is 93.8 Å². The second-order valence-corrected chi connectivity index (χ2v) is 5.79. The minimum absolute atomic E-state index is 0.0875. The Bertz CT molecular complexity index is 1010. The number of rotatable bonds is 6. The monoisotopic (exact) mass is 363 g/mol. The number of carbonyl (C=O) groups excluding carboxylic acids is 1. The van der Waals surface area contributed by atoms with Crippen molar-refractivity contribution in [1.29, 1.82) is 0 Å². The van der Waals surface area contributed by atoms with Gasteiger partial charge in [0.15, 0.2) is 6.10 Å². The lowest BCUT2D eigenvalue weighted by molar-refractivity contribution is -0.385. The van der Waals surface area contributed by atoms with Crippen molar-refractivity contribution in [3.63, 3.8) is 0 Å². The lowest BCUT2D eigenvalue weighted by atomic mass is 10.1. The molecule has 1 amide bonds. The molecule has 0 heterocycles. The number of nitro groups is 1. The molecule has 0 unspecified atom stereocenters. The molecule has 0 aliphatic heterocycles. The SMILES string of the molecule is C[C@H](Oc1cccc2ccccc12)C(=O)N/N=C\c1ccccc1[N+](=O)[O-]. The van der Waals surface area contributed by atoms with Gasteiger partial charge >= 0.3 is 0 Å². The van der Waals surface area contributed by atoms with Crippen LogP contribution in [-0.4, -0.2) is 23.1 Å². The van der Waals surface area contributed by atoms with Crippen LogP contribution in [0.5, 0.6) is 5.75 Å². The molecule has 7 nitrogen and oxygen atoms in total. The molecular weight excluding hydrogens is 346 g/mol. The summed E-state index contributed by atoms with van der Waals surface area (Å²) in [6.45, 7) is 1.61. The Hall–Kier alpha value is -3.74. The number of ether oxygens (including phenoxy) is 1. The number of nitro benzene ring substituents is 1. The summed E-state index contributed by atoms with van der Waals surface area (Å²) >= 11 is 0. The quantitative estimate of drug-likeness (QED) is 0.411. The van der Waals surface area contributed by atoms with Gasteiger partial charge in [0.25, 0.3) is 11.6 Å². The third-order valence-corrected chi connectivity index (χ3v) is 3.93. The van der Waals surface area contributed by atoms with Gasteiger partial charge in [-0.15, -0.1) is 0 Å². The van der Waals surface area contributed by atoms with E-state index in [1.54, 1.807) is 31.2 Å². The molecule has 0 saturated carbocycles. The predicted molar refractivity (Wildman–Crippen MR) is 103 cm³/mol. The highest BCUT2D eigenvalue weighted by Crippen LogP contribution is 2.26. The molecule has 136 valence electrons. The Balaban J connectivity index is 1.67. The third kappa shape index (κ3) is 4.27. The van der Waals surface area contributed by atoms with Gasteiger partial charge < -0.3 is 4.74 Å². The highest BCUT2D eigenvalue weighted by molar-refractivity contribution is 5.90. The molecule has 7 heteroatoms. The van der Waals surface area contributed by atoms with Crippen LogP contribution in [0.4, 0.5) is 5.69 Å². The molecule has 0 spiro atoms. The smallest absolute Gasteiger partial charge is 0.280 e. The fraction of sp³-hybridized carbons (Fsp3) is 0.100. The van der Waals surface area contributed by atoms with Crippen LogP contribution < -0.4 is 10.2 Å². The predicted octanol–water partition coefficient (Wildman–Crippen LogP) is 3.67. The number of nitrogens with one attached hydrogen (secondary N) is 1. The van der Waals surface area contributed by atoms with Crippen LogP contribution in [0.3, 0.4) is 0 Å². The van der Waals surface area contributed by atoms with Crippen molar-refractivity contribution in [3.05, 3.63) is 82.4 Å². The number of para-hydroxylation sites is 1. The first-order chi connectivity index (χ1) is 13.1. The van der Waals surface area contributed by atoms with Crippen LogP contribution in [0.1, 0.15) is 12.5 Å². The van der Waals surface area contributed by atoms with Crippen molar-refractivity contribution in [3.8, 4) is 5.75 Å². The van der Waals surface area contributed by atoms with Crippen LogP contribution in [0.2, 0.25) is 0 Å². The maximum atomic E-state index is 12.2. The Labute approximate surface area is 155 Å². The lowest BCUT2D eigenvalue weighted by Crippen LogP contribution is -2.33. The van der Waals surface area contributed by atoms with Crippen molar-refractivity contribution in [2.45, 2.75) is 13.0 Å². The van der Waals surface area contributed by atoms with Gasteiger partial charge in [0.1, 0.15) is 5.75 Å². The molecule has 3 rings (SSSR count). The number of carbonyl (C=O) groups is 1. The van der Waals surface area contributed by atoms with Gasteiger partial charge in [-0.1, -0.05) is 48.5 Å². The number of hydrogen-bond donors (Lipinski definition) is 1. The van der Waals surface area contributed by atoms with E-state index < -0.39 is 16.9 Å². The maximum Gasteiger partial charge on any atom is 0.280 e. The van der Waals surface area contributed by atoms with Crippen molar-refractivity contribution < 1.29 is 14.5 Å². The number of amides is 1. The van der Waals surface area contributed by atoms with Gasteiger partial charge in [-0.3, -0.25) is 14.9 Å². The molecule has 3 aromatic carbocycles. The van der Waals surface area contributed by atoms with E-state index in [0.29, 0.717) is 11.3 Å². The minimum Gasteiger partial charge on any atom is -0.480 e. The fourth-order valence-electron chi connectivity index (χ4n) is 2.56. The average Bonchev–Trinajstić information content (AvgIpc) is 2.68. The van der Waals surface area contributed by atoms with E-state index in [1.807, 2.05) is 36.4 Å². The standard InChI is InChI=1S/C20H17N3O4/c1-14(27-19-12-6-9-15-7-2-4-10-17(15)19)20(24)22-21-13-16-8-3-5-11-18(16)23(25)26/h2-14H,1H3,(H,22,24)/b21-13-/t14-/m0/s1. The van der Waals surface area contributed by atoms with Crippen LogP contribution in [0.15, 0.2) is 71.8 Å². The molecule has 0 bridgehead atoms. The van der Waals surface area contributed by atoms with Crippen molar-refractivity contribution in [2.75, 3.05) is 0 Å². The lowest BCUT2D eigenvalue weighted by Gasteiger charge is -2.14. The molecule has 0 aromatic heterocycles. The van der Waals surface area contributed by atoms with Gasteiger partial charge in [-0.25, -0.2) is 5.43 Å². The second kappa shape index (κ2) is 8.09. The summed E-state index contributed by atoms with van der Waals surface area (Å²) in [6, 6.07) is 19.5. The minimum atomic E-state index is -0.793. The number of hydrogen-bond acceptors (Lipinski definition) is 5. The van der Waals surface area contributed by atoms with E-state index in [1.165, 1.54) is 12.3 Å². The van der Waals surface area contributed by atoms with Gasteiger partial charge in [-0.2, -0.15) is 5.10 Å². The Morgan fingerprint density at radius 2 is 1.81 bits per heavy atom. The van der Waals surface area contributed by atoms with E-state index in [-0.39, 0.29) is 5.69 Å². The zero-order valence-electron chi connectivity index (χ0n) is 14.5. The van der Waals surface area contributed by atoms with Gasteiger partial charge in [0, 0.05) is 11.5 Å². The van der Waals surface area contributed by atoms with Gasteiger partial charge in [-0.05, 0) is 24.4 Å². The first kappa shape index (κ1) is 18.1. The molecule has 27 heavy (non-hydrogen) atoms. The van der Waals surface area contributed by atoms with Crippen LogP contribution in [0, 0.1) is 10.1 Å². The summed E-state index contributed by atoms with van der Waals surface area (Å²) < 4.78 is 5.76. The number of fused-ring (bicyclic) bond motifs is 1. The Morgan fingerprint density at radius 3 is 2.63 bits per heavy atom. The fourth-order valence-corrected chi connectivity index (χ4v) is 2.56. The summed E-state index contributed by atoms with van der Waals surface area (Å²) in [4.78, 5) is 22.7. The summed E-state index contributed by atoms with van der Waals surface area (Å²) in [5.41, 5.74) is 2.56.